The number of amides is 5. The van der Waals surface area contributed by atoms with Gasteiger partial charge < -0.3 is 15.5 Å². The smallest absolute Gasteiger partial charge is 0.358 e. The minimum Gasteiger partial charge on any atom is -0.358 e. The van der Waals surface area contributed by atoms with Gasteiger partial charge in [-0.15, -0.1) is 0 Å². The van der Waals surface area contributed by atoms with E-state index in [1.807, 2.05) is 0 Å². The first-order valence-corrected chi connectivity index (χ1v) is 13.5. The third-order valence-corrected chi connectivity index (χ3v) is 7.95. The van der Waals surface area contributed by atoms with Crippen molar-refractivity contribution in [2.24, 2.45) is 0 Å². The van der Waals surface area contributed by atoms with Crippen molar-refractivity contribution in [1.82, 2.24) is 30.2 Å². The SMILES string of the molecule is CNC(=O)Cn1cc(-c2cc3c(cc2F)C2(CC3)NC(=O)N(CC(=O)N(Cc3ccc(F)cc3)[C@@H](C)C(F)(F)F)C2=O)cn1. The van der Waals surface area contributed by atoms with Crippen LogP contribution in [0.3, 0.4) is 0 Å². The summed E-state index contributed by atoms with van der Waals surface area (Å²) in [6.07, 6.45) is -1.67. The lowest BCUT2D eigenvalue weighted by molar-refractivity contribution is -0.187. The third kappa shape index (κ3) is 5.61. The number of aromatic nitrogens is 2. The molecule has 1 fully saturated rings. The normalized spacial score (nSPS) is 18.4. The molecule has 1 saturated heterocycles. The quantitative estimate of drug-likeness (QED) is 0.297. The molecule has 1 unspecified atom stereocenters. The van der Waals surface area contributed by atoms with Crippen LogP contribution < -0.4 is 10.6 Å². The molecule has 2 N–H and O–H groups in total. The molecule has 0 radical (unpaired) electrons. The molecule has 5 rings (SSSR count). The lowest BCUT2D eigenvalue weighted by Gasteiger charge is -2.32. The van der Waals surface area contributed by atoms with E-state index in [4.69, 9.17) is 0 Å². The molecule has 2 heterocycles. The number of alkyl halides is 3. The first kappa shape index (κ1) is 30.6. The summed E-state index contributed by atoms with van der Waals surface area (Å²) in [5.41, 5.74) is -0.232. The summed E-state index contributed by atoms with van der Waals surface area (Å²) < 4.78 is 71.2. The fourth-order valence-corrected chi connectivity index (χ4v) is 5.47. The van der Waals surface area contributed by atoms with Gasteiger partial charge in [-0.1, -0.05) is 12.1 Å². The lowest BCUT2D eigenvalue weighted by atomic mass is 9.90. The van der Waals surface area contributed by atoms with Crippen LogP contribution in [0.25, 0.3) is 11.1 Å². The van der Waals surface area contributed by atoms with Crippen molar-refractivity contribution in [2.45, 2.75) is 50.6 Å². The Kier molecular flexibility index (Phi) is 7.90. The highest BCUT2D eigenvalue weighted by Gasteiger charge is 2.56. The Labute approximate surface area is 247 Å². The van der Waals surface area contributed by atoms with Crippen LogP contribution in [0.4, 0.5) is 26.7 Å². The Hall–Kier alpha value is -4.82. The van der Waals surface area contributed by atoms with Gasteiger partial charge in [0, 0.05) is 30.9 Å². The van der Waals surface area contributed by atoms with Crippen molar-refractivity contribution < 1.29 is 41.1 Å². The first-order chi connectivity index (χ1) is 20.7. The molecule has 1 aliphatic carbocycles. The Morgan fingerprint density at radius 3 is 2.50 bits per heavy atom. The summed E-state index contributed by atoms with van der Waals surface area (Å²) >= 11 is 0. The molecule has 5 amide bonds. The van der Waals surface area contributed by atoms with Crippen LogP contribution in [0.15, 0.2) is 48.8 Å². The number of carbonyl (C=O) groups is 4. The van der Waals surface area contributed by atoms with E-state index in [1.165, 1.54) is 42.3 Å². The lowest BCUT2D eigenvalue weighted by Crippen LogP contribution is -2.51. The summed E-state index contributed by atoms with van der Waals surface area (Å²) in [6, 6.07) is 3.88. The number of hydrogen-bond acceptors (Lipinski definition) is 5. The van der Waals surface area contributed by atoms with Crippen LogP contribution in [0.1, 0.15) is 30.0 Å². The highest BCUT2D eigenvalue weighted by molar-refractivity contribution is 6.10. The molecule has 44 heavy (non-hydrogen) atoms. The second-order valence-electron chi connectivity index (χ2n) is 10.7. The number of urea groups is 1. The third-order valence-electron chi connectivity index (χ3n) is 7.95. The molecule has 10 nitrogen and oxygen atoms in total. The molecular formula is C29H27F5N6O4. The Morgan fingerprint density at radius 1 is 1.14 bits per heavy atom. The molecule has 1 aliphatic heterocycles. The summed E-state index contributed by atoms with van der Waals surface area (Å²) in [5.74, 6) is -3.70. The van der Waals surface area contributed by atoms with E-state index in [1.54, 1.807) is 0 Å². The van der Waals surface area contributed by atoms with Crippen molar-refractivity contribution >= 4 is 23.8 Å². The van der Waals surface area contributed by atoms with Crippen LogP contribution in [-0.4, -0.2) is 69.1 Å². The van der Waals surface area contributed by atoms with E-state index in [2.05, 4.69) is 15.7 Å². The molecule has 15 heteroatoms. The molecule has 0 saturated carbocycles. The first-order valence-electron chi connectivity index (χ1n) is 13.5. The van der Waals surface area contributed by atoms with Gasteiger partial charge in [-0.25, -0.2) is 13.6 Å². The van der Waals surface area contributed by atoms with Crippen molar-refractivity contribution in [3.63, 3.8) is 0 Å². The summed E-state index contributed by atoms with van der Waals surface area (Å²) in [7, 11) is 1.47. The Bertz CT molecular complexity index is 1640. The molecule has 232 valence electrons. The zero-order valence-electron chi connectivity index (χ0n) is 23.5. The molecule has 3 aromatic rings. The average molecular weight is 619 g/mol. The van der Waals surface area contributed by atoms with E-state index in [-0.39, 0.29) is 42.0 Å². The fraction of sp³-hybridized carbons (Fsp3) is 0.345. The molecule has 2 aliphatic rings. The standard InChI is InChI=1S/C29H27F5N6O4/c1-16(29(32,33)34)39(12-17-3-5-20(30)6-4-17)25(42)15-40-26(43)28(37-27(40)44)8-7-18-9-21(23(31)10-22(18)28)19-11-36-38(13-19)14-24(41)35-2/h3-6,9-11,13,16H,7-8,12,14-15H2,1-2H3,(H,35,41)(H,37,44)/t16-,28?/m0/s1. The number of halogens is 5. The molecule has 1 spiro atoms. The monoisotopic (exact) mass is 618 g/mol. The number of rotatable bonds is 8. The number of nitrogens with one attached hydrogen (secondary N) is 2. The summed E-state index contributed by atoms with van der Waals surface area (Å²) in [5, 5.41) is 9.06. The topological polar surface area (TPSA) is 117 Å². The van der Waals surface area contributed by atoms with Gasteiger partial charge in [0.2, 0.25) is 11.8 Å². The highest BCUT2D eigenvalue weighted by Crippen LogP contribution is 2.43. The molecular weight excluding hydrogens is 591 g/mol. The van der Waals surface area contributed by atoms with Crippen molar-refractivity contribution in [1.29, 1.82) is 0 Å². The summed E-state index contributed by atoms with van der Waals surface area (Å²) in [6.45, 7) is -0.853. The van der Waals surface area contributed by atoms with E-state index in [9.17, 15) is 36.7 Å². The van der Waals surface area contributed by atoms with Crippen LogP contribution in [0.2, 0.25) is 0 Å². The predicted molar refractivity (Wildman–Crippen MR) is 144 cm³/mol. The largest absolute Gasteiger partial charge is 0.408 e. The highest BCUT2D eigenvalue weighted by atomic mass is 19.4. The van der Waals surface area contributed by atoms with Crippen molar-refractivity contribution in [3.8, 4) is 11.1 Å². The maximum Gasteiger partial charge on any atom is 0.408 e. The molecule has 0 bridgehead atoms. The number of aryl methyl sites for hydroxylation is 1. The van der Waals surface area contributed by atoms with Gasteiger partial charge in [0.05, 0.1) is 6.20 Å². The second kappa shape index (κ2) is 11.4. The number of hydrogen-bond donors (Lipinski definition) is 2. The zero-order chi connectivity index (χ0) is 32.0. The van der Waals surface area contributed by atoms with Gasteiger partial charge in [0.25, 0.3) is 5.91 Å². The van der Waals surface area contributed by atoms with E-state index in [0.29, 0.717) is 20.9 Å². The zero-order valence-corrected chi connectivity index (χ0v) is 23.5. The van der Waals surface area contributed by atoms with Gasteiger partial charge in [-0.3, -0.25) is 24.0 Å². The number of nitrogens with zero attached hydrogens (tertiary/aromatic N) is 4. The van der Waals surface area contributed by atoms with Crippen molar-refractivity contribution in [3.05, 3.63) is 77.1 Å². The van der Waals surface area contributed by atoms with Gasteiger partial charge in [0.1, 0.15) is 36.3 Å². The maximum absolute atomic E-state index is 15.4. The Morgan fingerprint density at radius 2 is 1.84 bits per heavy atom. The van der Waals surface area contributed by atoms with Gasteiger partial charge in [-0.05, 0) is 60.7 Å². The van der Waals surface area contributed by atoms with Gasteiger partial charge in [0.15, 0.2) is 0 Å². The predicted octanol–water partition coefficient (Wildman–Crippen LogP) is 3.25. The number of carbonyl (C=O) groups excluding carboxylic acids is 4. The minimum absolute atomic E-state index is 0.0364. The van der Waals surface area contributed by atoms with Crippen LogP contribution in [0, 0.1) is 11.6 Å². The number of fused-ring (bicyclic) bond motifs is 2. The van der Waals surface area contributed by atoms with Crippen LogP contribution in [-0.2, 0) is 39.4 Å². The Balaban J connectivity index is 1.39. The number of benzene rings is 2. The van der Waals surface area contributed by atoms with E-state index < -0.39 is 60.3 Å². The maximum atomic E-state index is 15.4. The van der Waals surface area contributed by atoms with Crippen LogP contribution in [0.5, 0.6) is 0 Å². The molecule has 2 aromatic carbocycles. The van der Waals surface area contributed by atoms with Crippen molar-refractivity contribution in [2.75, 3.05) is 13.6 Å². The average Bonchev–Trinajstić information content (AvgIpc) is 3.64. The number of likely N-dealkylation sites (N-methyl/N-ethyl adjacent to an activating group) is 1. The van der Waals surface area contributed by atoms with E-state index >= 15 is 4.39 Å². The van der Waals surface area contributed by atoms with Gasteiger partial charge in [-0.2, -0.15) is 18.3 Å². The summed E-state index contributed by atoms with van der Waals surface area (Å²) in [4.78, 5) is 52.5. The second-order valence-corrected chi connectivity index (χ2v) is 10.7. The number of imide groups is 1. The van der Waals surface area contributed by atoms with Crippen LogP contribution >= 0.6 is 0 Å². The van der Waals surface area contributed by atoms with E-state index in [0.717, 1.165) is 25.1 Å². The van der Waals surface area contributed by atoms with Gasteiger partial charge >= 0.3 is 12.2 Å². The molecule has 2 atom stereocenters. The fourth-order valence-electron chi connectivity index (χ4n) is 5.47. The molecule has 1 aromatic heterocycles. The minimum atomic E-state index is -4.83.